The smallest absolute Gasteiger partial charge is 0.480 e. The van der Waals surface area contributed by atoms with E-state index in [1.54, 1.807) is 18.3 Å². The Bertz CT molecular complexity index is 452. The van der Waals surface area contributed by atoms with E-state index >= 15 is 0 Å². The van der Waals surface area contributed by atoms with Gasteiger partial charge in [0.15, 0.2) is 0 Å². The van der Waals surface area contributed by atoms with E-state index in [0.29, 0.717) is 5.56 Å². The number of hydrogen-bond donors (Lipinski definition) is 2. The molecule has 2 N–H and O–H groups in total. The Hall–Kier alpha value is -1.80. The number of rotatable bonds is 3. The summed E-state index contributed by atoms with van der Waals surface area (Å²) in [7, 11) is 0.771. The fourth-order valence-corrected chi connectivity index (χ4v) is 0.986. The van der Waals surface area contributed by atoms with Crippen LogP contribution in [-0.4, -0.2) is 34.4 Å². The van der Waals surface area contributed by atoms with Crippen LogP contribution in [0.5, 0.6) is 0 Å². The summed E-state index contributed by atoms with van der Waals surface area (Å²) < 4.78 is 13.1. The van der Waals surface area contributed by atoms with Crippen LogP contribution in [0.25, 0.3) is 0 Å². The molecule has 0 saturated carbocycles. The monoisotopic (exact) mass is 284 g/mol. The standard InChI is InChI=1S/C11H11NO3.CH4O2P/c1-8(13)10(11(14)15)5-4-9-3-2-6-12-7-9;1-3-4-2/h2-3,6-8,10,13H,1H3,(H,14,15);4H,1H3/q;+1. The third-order valence-corrected chi connectivity index (χ3v) is 2.03. The van der Waals surface area contributed by atoms with Crippen molar-refractivity contribution in [2.24, 2.45) is 5.92 Å². The van der Waals surface area contributed by atoms with Crippen molar-refractivity contribution in [1.82, 2.24) is 4.98 Å². The van der Waals surface area contributed by atoms with Gasteiger partial charge in [-0.2, -0.15) is 4.52 Å². The molecule has 0 amide bonds. The minimum Gasteiger partial charge on any atom is -0.480 e. The van der Waals surface area contributed by atoms with Crippen LogP contribution >= 0.6 is 8.69 Å². The zero-order valence-electron chi connectivity index (χ0n) is 10.5. The molecule has 6 nitrogen and oxygen atoms in total. The van der Waals surface area contributed by atoms with Gasteiger partial charge in [-0.05, 0) is 23.6 Å². The fourth-order valence-electron chi connectivity index (χ4n) is 0.986. The van der Waals surface area contributed by atoms with Crippen molar-refractivity contribution in [3.05, 3.63) is 30.1 Å². The number of aliphatic carboxylic acids is 1. The topological polar surface area (TPSA) is 96.7 Å². The molecule has 0 bridgehead atoms. The minimum absolute atomic E-state index is 0.610. The summed E-state index contributed by atoms with van der Waals surface area (Å²) in [6.45, 7) is 1.40. The van der Waals surface area contributed by atoms with Gasteiger partial charge in [0.2, 0.25) is 0 Å². The normalized spacial score (nSPS) is 12.4. The van der Waals surface area contributed by atoms with Crippen molar-refractivity contribution in [3.8, 4) is 11.8 Å². The lowest BCUT2D eigenvalue weighted by atomic mass is 10.0. The maximum absolute atomic E-state index is 10.7. The second-order valence-electron chi connectivity index (χ2n) is 3.36. The largest absolute Gasteiger partial charge is 0.493 e. The SMILES string of the molecule is CC(O)C(C#Cc1cccnc1)C(=O)O.CO[PH+]=O. The maximum Gasteiger partial charge on any atom is 0.493 e. The number of hydrogen-bond acceptors (Lipinski definition) is 5. The maximum atomic E-state index is 10.7. The number of aliphatic hydroxyl groups is 1. The number of carboxylic acid groups (broad SMARTS) is 1. The number of nitrogens with zero attached hydrogens (tertiary/aromatic N) is 1. The quantitative estimate of drug-likeness (QED) is 0.637. The summed E-state index contributed by atoms with van der Waals surface area (Å²) in [5.41, 5.74) is 0.629. The van der Waals surface area contributed by atoms with Crippen molar-refractivity contribution < 1.29 is 24.1 Å². The molecule has 1 aromatic heterocycles. The first kappa shape index (κ1) is 17.2. The molecule has 0 saturated heterocycles. The highest BCUT2D eigenvalue weighted by atomic mass is 31.1. The molecule has 0 fully saturated rings. The van der Waals surface area contributed by atoms with Crippen LogP contribution in [0, 0.1) is 17.8 Å². The molecule has 7 heteroatoms. The first-order chi connectivity index (χ1) is 9.02. The van der Waals surface area contributed by atoms with Gasteiger partial charge in [-0.1, -0.05) is 11.8 Å². The Morgan fingerprint density at radius 2 is 2.21 bits per heavy atom. The second kappa shape index (κ2) is 10.2. The van der Waals surface area contributed by atoms with Gasteiger partial charge in [-0.25, -0.2) is 0 Å². The van der Waals surface area contributed by atoms with E-state index in [1.165, 1.54) is 20.2 Å². The Balaban J connectivity index is 0.000000711. The summed E-state index contributed by atoms with van der Waals surface area (Å²) in [4.78, 5) is 14.5. The Labute approximate surface area is 112 Å². The third kappa shape index (κ3) is 8.01. The molecule has 0 aliphatic heterocycles. The van der Waals surface area contributed by atoms with E-state index < -0.39 is 26.7 Å². The zero-order valence-corrected chi connectivity index (χ0v) is 11.5. The highest BCUT2D eigenvalue weighted by Crippen LogP contribution is 2.02. The molecule has 0 aromatic carbocycles. The lowest BCUT2D eigenvalue weighted by Crippen LogP contribution is -2.23. The Kier molecular flexibility index (Phi) is 9.19. The highest BCUT2D eigenvalue weighted by molar-refractivity contribution is 7.17. The summed E-state index contributed by atoms with van der Waals surface area (Å²) in [6, 6.07) is 3.43. The van der Waals surface area contributed by atoms with Gasteiger partial charge in [-0.3, -0.25) is 9.78 Å². The van der Waals surface area contributed by atoms with Gasteiger partial charge in [0.25, 0.3) is 0 Å². The van der Waals surface area contributed by atoms with Gasteiger partial charge in [-0.15, -0.1) is 0 Å². The van der Waals surface area contributed by atoms with Crippen LogP contribution in [-0.2, 0) is 13.9 Å². The molecule has 1 rings (SSSR count). The molecule has 3 unspecified atom stereocenters. The number of aliphatic hydroxyl groups excluding tert-OH is 1. The molecule has 0 radical (unpaired) electrons. The van der Waals surface area contributed by atoms with Crippen LogP contribution in [0.2, 0.25) is 0 Å². The molecule has 19 heavy (non-hydrogen) atoms. The first-order valence-electron chi connectivity index (χ1n) is 5.25. The first-order valence-corrected chi connectivity index (χ1v) is 6.07. The third-order valence-electron chi connectivity index (χ3n) is 1.87. The van der Waals surface area contributed by atoms with Gasteiger partial charge < -0.3 is 10.2 Å². The van der Waals surface area contributed by atoms with Gasteiger partial charge in [0, 0.05) is 18.0 Å². The molecule has 3 atom stereocenters. The number of carbonyl (C=O) groups is 1. The van der Waals surface area contributed by atoms with Crippen LogP contribution in [0.3, 0.4) is 0 Å². The predicted molar refractivity (Wildman–Crippen MR) is 69.9 cm³/mol. The number of pyridine rings is 1. The fraction of sp³-hybridized carbons (Fsp3) is 0.333. The molecular weight excluding hydrogens is 269 g/mol. The van der Waals surface area contributed by atoms with Crippen molar-refractivity contribution in [2.75, 3.05) is 7.11 Å². The van der Waals surface area contributed by atoms with Crippen LogP contribution in [0.4, 0.5) is 0 Å². The summed E-state index contributed by atoms with van der Waals surface area (Å²) >= 11 is 0. The average Bonchev–Trinajstić information content (AvgIpc) is 2.39. The van der Waals surface area contributed by atoms with E-state index in [0.717, 1.165) is 0 Å². The zero-order chi connectivity index (χ0) is 14.7. The summed E-state index contributed by atoms with van der Waals surface area (Å²) in [5, 5.41) is 17.9. The highest BCUT2D eigenvalue weighted by Gasteiger charge is 2.19. The summed E-state index contributed by atoms with van der Waals surface area (Å²) in [6.07, 6.45) is 2.15. The second-order valence-corrected chi connectivity index (χ2v) is 3.93. The molecule has 1 aromatic rings. The van der Waals surface area contributed by atoms with Crippen molar-refractivity contribution in [3.63, 3.8) is 0 Å². The van der Waals surface area contributed by atoms with Crippen molar-refractivity contribution >= 4 is 14.7 Å². The number of aromatic nitrogens is 1. The average molecular weight is 284 g/mol. The van der Waals surface area contributed by atoms with Gasteiger partial charge in [0.05, 0.1) is 13.2 Å². The van der Waals surface area contributed by atoms with E-state index in [9.17, 15) is 4.79 Å². The summed E-state index contributed by atoms with van der Waals surface area (Å²) in [5.74, 6) is 2.96. The molecule has 0 aliphatic rings. The van der Waals surface area contributed by atoms with Gasteiger partial charge in [0.1, 0.15) is 5.92 Å². The van der Waals surface area contributed by atoms with E-state index in [2.05, 4.69) is 21.3 Å². The van der Waals surface area contributed by atoms with E-state index in [1.807, 2.05) is 0 Å². The lowest BCUT2D eigenvalue weighted by molar-refractivity contribution is -0.142. The predicted octanol–water partition coefficient (Wildman–Crippen LogP) is 1.09. The van der Waals surface area contributed by atoms with Crippen LogP contribution in [0.15, 0.2) is 24.5 Å². The van der Waals surface area contributed by atoms with E-state index in [-0.39, 0.29) is 0 Å². The van der Waals surface area contributed by atoms with Gasteiger partial charge >= 0.3 is 14.7 Å². The molecule has 0 aliphatic carbocycles. The van der Waals surface area contributed by atoms with Crippen LogP contribution in [0.1, 0.15) is 12.5 Å². The Morgan fingerprint density at radius 1 is 1.58 bits per heavy atom. The van der Waals surface area contributed by atoms with Crippen molar-refractivity contribution in [1.29, 1.82) is 0 Å². The lowest BCUT2D eigenvalue weighted by Gasteiger charge is -2.07. The van der Waals surface area contributed by atoms with Crippen LogP contribution < -0.4 is 0 Å². The molecule has 1 heterocycles. The Morgan fingerprint density at radius 3 is 2.58 bits per heavy atom. The minimum atomic E-state index is -1.12. The molecular formula is C12H15NO5P+. The molecule has 0 spiro atoms. The van der Waals surface area contributed by atoms with Crippen molar-refractivity contribution in [2.45, 2.75) is 13.0 Å². The molecule has 102 valence electrons. The van der Waals surface area contributed by atoms with E-state index in [4.69, 9.17) is 14.8 Å². The number of carboxylic acids is 1.